The minimum absolute atomic E-state index is 0.0277. The summed E-state index contributed by atoms with van der Waals surface area (Å²) in [6, 6.07) is 12.2. The number of nitrogens with one attached hydrogen (secondary N) is 1. The third-order valence-electron chi connectivity index (χ3n) is 10.3. The normalized spacial score (nSPS) is 20.8. The average molecular weight is 613 g/mol. The molecule has 4 amide bonds. The molecule has 2 aromatic rings. The maximum atomic E-state index is 13.9. The Bertz CT molecular complexity index is 1380. The highest BCUT2D eigenvalue weighted by atomic mass is 16.6. The lowest BCUT2D eigenvalue weighted by molar-refractivity contribution is -0.143. The van der Waals surface area contributed by atoms with Gasteiger partial charge in [0.15, 0.2) is 6.10 Å². The molecule has 2 N–H and O–H groups in total. The first-order valence-electron chi connectivity index (χ1n) is 16.7. The van der Waals surface area contributed by atoms with Crippen LogP contribution in [-0.4, -0.2) is 122 Å². The number of para-hydroxylation sites is 1. The monoisotopic (exact) mass is 613 g/mol. The smallest absolute Gasteiger partial charge is 0.410 e. The number of anilines is 1. The minimum atomic E-state index is -0.952. The maximum absolute atomic E-state index is 13.9. The van der Waals surface area contributed by atoms with Crippen molar-refractivity contribution in [2.75, 3.05) is 51.1 Å². The van der Waals surface area contributed by atoms with Crippen LogP contribution in [0.2, 0.25) is 0 Å². The van der Waals surface area contributed by atoms with Crippen LogP contribution < -0.4 is 16.2 Å². The summed E-state index contributed by atoms with van der Waals surface area (Å²) < 4.78 is 6.04. The van der Waals surface area contributed by atoms with Gasteiger partial charge >= 0.3 is 12.1 Å². The third kappa shape index (κ3) is 7.11. The Hall–Kier alpha value is -3.66. The van der Waals surface area contributed by atoms with Gasteiger partial charge in [-0.3, -0.25) is 9.69 Å². The summed E-state index contributed by atoms with van der Waals surface area (Å²) >= 11 is 0. The van der Waals surface area contributed by atoms with Gasteiger partial charge in [0.1, 0.15) is 21.4 Å². The van der Waals surface area contributed by atoms with E-state index in [1.54, 1.807) is 4.90 Å². The number of urea groups is 1. The average Bonchev–Trinajstić information content (AvgIpc) is 3.53. The zero-order chi connectivity index (χ0) is 31.5. The van der Waals surface area contributed by atoms with Crippen molar-refractivity contribution in [3.8, 4) is 5.75 Å². The molecule has 3 fully saturated rings. The third-order valence-corrected chi connectivity index (χ3v) is 10.3. The van der Waals surface area contributed by atoms with E-state index in [1.165, 1.54) is 25.7 Å². The molecular weight excluding hydrogens is 568 g/mol. The van der Waals surface area contributed by atoms with Crippen LogP contribution in [0.25, 0.3) is 0 Å². The van der Waals surface area contributed by atoms with Crippen molar-refractivity contribution in [2.45, 2.75) is 69.6 Å². The number of phenols is 1. The van der Waals surface area contributed by atoms with Crippen molar-refractivity contribution in [3.05, 3.63) is 47.5 Å². The van der Waals surface area contributed by atoms with Crippen LogP contribution >= 0.6 is 0 Å². The SMILES string of the molecule is Bc1cc(C[C@@H](OC(=O)N2CCC(N3CCc4ccccc4NC3=O)CC2)C(=O)N2CCN(C3CCCC3)CC2)cc(B)c1O. The largest absolute Gasteiger partial charge is 0.509 e. The summed E-state index contributed by atoms with van der Waals surface area (Å²) in [7, 11) is 3.68. The highest BCUT2D eigenvalue weighted by Crippen LogP contribution is 2.26. The fraction of sp³-hybridized carbons (Fsp3) is 0.545. The van der Waals surface area contributed by atoms with Crippen LogP contribution in [0.3, 0.4) is 0 Å². The number of benzene rings is 2. The lowest BCUT2D eigenvalue weighted by Crippen LogP contribution is -2.55. The molecule has 1 atom stereocenters. The van der Waals surface area contributed by atoms with Crippen molar-refractivity contribution in [1.29, 1.82) is 0 Å². The second-order valence-corrected chi connectivity index (χ2v) is 13.2. The van der Waals surface area contributed by atoms with Gasteiger partial charge in [0.05, 0.1) is 0 Å². The first-order valence-corrected chi connectivity index (χ1v) is 16.7. The van der Waals surface area contributed by atoms with E-state index in [4.69, 9.17) is 4.74 Å². The van der Waals surface area contributed by atoms with Crippen molar-refractivity contribution < 1.29 is 24.2 Å². The number of ether oxygens (including phenoxy) is 1. The molecule has 4 aliphatic rings. The van der Waals surface area contributed by atoms with Gasteiger partial charge in [0.2, 0.25) is 0 Å². The van der Waals surface area contributed by atoms with Crippen molar-refractivity contribution in [1.82, 2.24) is 19.6 Å². The fourth-order valence-corrected chi connectivity index (χ4v) is 7.63. The van der Waals surface area contributed by atoms with E-state index < -0.39 is 12.2 Å². The number of likely N-dealkylation sites (tertiary alicyclic amines) is 1. The van der Waals surface area contributed by atoms with Crippen molar-refractivity contribution >= 4 is 50.3 Å². The summed E-state index contributed by atoms with van der Waals surface area (Å²) in [6.07, 6.45) is 5.93. The molecule has 3 heterocycles. The number of aromatic hydroxyl groups is 1. The summed E-state index contributed by atoms with van der Waals surface area (Å²) in [5.41, 5.74) is 4.31. The van der Waals surface area contributed by atoms with Gasteiger partial charge < -0.3 is 29.9 Å². The summed E-state index contributed by atoms with van der Waals surface area (Å²) in [5, 5.41) is 13.3. The molecule has 1 saturated carbocycles. The highest BCUT2D eigenvalue weighted by Gasteiger charge is 2.36. The van der Waals surface area contributed by atoms with E-state index in [9.17, 15) is 19.5 Å². The van der Waals surface area contributed by atoms with E-state index >= 15 is 0 Å². The number of hydrogen-bond acceptors (Lipinski definition) is 6. The van der Waals surface area contributed by atoms with E-state index in [2.05, 4.69) is 10.2 Å². The first-order chi connectivity index (χ1) is 21.8. The standard InChI is InChI=1S/C33H45B2N5O5/c34-26-19-22(20-27(35)30(26)41)21-29(31(42)38-17-15-37(16-18-38)24-6-2-3-7-24)45-33(44)39-12-10-25(11-13-39)40-14-9-23-5-1-4-8-28(23)36-32(40)43/h1,4-5,8,19-20,24-25,29,41H,2-3,6-7,9-18,21,34-35H2,(H,36,43)/t29-/m1/s1. The molecule has 45 heavy (non-hydrogen) atoms. The second-order valence-electron chi connectivity index (χ2n) is 13.2. The van der Waals surface area contributed by atoms with Crippen LogP contribution in [0.15, 0.2) is 36.4 Å². The predicted octanol–water partition coefficient (Wildman–Crippen LogP) is 0.598. The number of amides is 4. The molecule has 238 valence electrons. The molecule has 12 heteroatoms. The van der Waals surface area contributed by atoms with Crippen LogP contribution in [0.1, 0.15) is 49.7 Å². The van der Waals surface area contributed by atoms with Gasteiger partial charge in [-0.2, -0.15) is 0 Å². The summed E-state index contributed by atoms with van der Waals surface area (Å²) in [5.74, 6) is 0.0833. The van der Waals surface area contributed by atoms with E-state index in [1.807, 2.05) is 61.9 Å². The number of piperidine rings is 1. The van der Waals surface area contributed by atoms with Gasteiger partial charge in [-0.25, -0.2) is 9.59 Å². The van der Waals surface area contributed by atoms with E-state index in [0.29, 0.717) is 51.6 Å². The number of hydrogen-bond donors (Lipinski definition) is 2. The Morgan fingerprint density at radius 1 is 0.889 bits per heavy atom. The highest BCUT2D eigenvalue weighted by molar-refractivity contribution is 6.41. The molecule has 0 unspecified atom stereocenters. The van der Waals surface area contributed by atoms with Gasteiger partial charge in [-0.15, -0.1) is 0 Å². The Labute approximate surface area is 267 Å². The van der Waals surface area contributed by atoms with Crippen LogP contribution in [0.5, 0.6) is 5.75 Å². The van der Waals surface area contributed by atoms with Gasteiger partial charge in [-0.1, -0.05) is 43.2 Å². The number of nitrogens with zero attached hydrogens (tertiary/aromatic N) is 4. The Morgan fingerprint density at radius 3 is 2.24 bits per heavy atom. The molecule has 0 bridgehead atoms. The fourth-order valence-electron chi connectivity index (χ4n) is 7.63. The van der Waals surface area contributed by atoms with Gasteiger partial charge in [0, 0.05) is 70.0 Å². The minimum Gasteiger partial charge on any atom is -0.509 e. The Balaban J connectivity index is 1.09. The number of fused-ring (bicyclic) bond motifs is 1. The molecule has 2 aromatic carbocycles. The number of phenolic OH excluding ortho intramolecular Hbond substituents is 1. The van der Waals surface area contributed by atoms with Gasteiger partial charge in [-0.05, 0) is 60.2 Å². The number of piperazine rings is 1. The van der Waals surface area contributed by atoms with E-state index in [0.717, 1.165) is 47.3 Å². The molecule has 1 aliphatic carbocycles. The second kappa shape index (κ2) is 13.8. The molecule has 3 aliphatic heterocycles. The van der Waals surface area contributed by atoms with E-state index in [-0.39, 0.29) is 30.2 Å². The molecule has 0 aromatic heterocycles. The maximum Gasteiger partial charge on any atom is 0.410 e. The number of rotatable bonds is 6. The van der Waals surface area contributed by atoms with Crippen LogP contribution in [0, 0.1) is 0 Å². The zero-order valence-corrected chi connectivity index (χ0v) is 26.7. The Morgan fingerprint density at radius 2 is 1.56 bits per heavy atom. The quantitative estimate of drug-likeness (QED) is 0.463. The molecule has 0 spiro atoms. The summed E-state index contributed by atoms with van der Waals surface area (Å²) in [6.45, 7) is 4.49. The lowest BCUT2D eigenvalue weighted by Gasteiger charge is -2.40. The van der Waals surface area contributed by atoms with Crippen molar-refractivity contribution in [2.24, 2.45) is 0 Å². The van der Waals surface area contributed by atoms with Crippen LogP contribution in [-0.2, 0) is 22.4 Å². The number of carbonyl (C=O) groups is 3. The molecule has 0 radical (unpaired) electrons. The topological polar surface area (TPSA) is 106 Å². The predicted molar refractivity (Wildman–Crippen MR) is 179 cm³/mol. The van der Waals surface area contributed by atoms with Gasteiger partial charge in [0.25, 0.3) is 5.91 Å². The summed E-state index contributed by atoms with van der Waals surface area (Å²) in [4.78, 5) is 48.4. The molecule has 10 nitrogen and oxygen atoms in total. The molecule has 2 saturated heterocycles. The first kappa shape index (κ1) is 31.3. The number of carbonyl (C=O) groups excluding carboxylic acids is 3. The lowest BCUT2D eigenvalue weighted by atomic mass is 9.83. The van der Waals surface area contributed by atoms with Crippen LogP contribution in [0.4, 0.5) is 15.3 Å². The molecular formula is C33H45B2N5O5. The van der Waals surface area contributed by atoms with Crippen molar-refractivity contribution in [3.63, 3.8) is 0 Å². The molecule has 6 rings (SSSR count). The Kier molecular flexibility index (Phi) is 9.58. The zero-order valence-electron chi connectivity index (χ0n) is 26.7.